The van der Waals surface area contributed by atoms with Crippen LogP contribution in [0.1, 0.15) is 114 Å². The summed E-state index contributed by atoms with van der Waals surface area (Å²) in [5.41, 5.74) is 8.12. The van der Waals surface area contributed by atoms with E-state index in [2.05, 4.69) is 40.7 Å². The maximum absolute atomic E-state index is 4.95. The van der Waals surface area contributed by atoms with Crippen molar-refractivity contribution in [2.24, 2.45) is 10.2 Å². The van der Waals surface area contributed by atoms with E-state index in [1.165, 1.54) is 103 Å². The molecule has 0 unspecified atom stereocenters. The Morgan fingerprint density at radius 3 is 0.865 bits per heavy atom. The Morgan fingerprint density at radius 1 is 0.365 bits per heavy atom. The van der Waals surface area contributed by atoms with Gasteiger partial charge in [0.1, 0.15) is 0 Å². The molecule has 0 radical (unpaired) electrons. The fraction of sp³-hybridized carbons (Fsp3) is 0.632. The van der Waals surface area contributed by atoms with Crippen molar-refractivity contribution in [3.8, 4) is 0 Å². The molecule has 3 aromatic rings. The molecular weight excluding hydrogens is 653 g/mol. The molecule has 0 atom stereocenters. The Kier molecular flexibility index (Phi) is 12.9. The van der Waals surface area contributed by atoms with E-state index < -0.39 is 0 Å². The molecule has 6 heterocycles. The molecule has 0 bridgehead atoms. The second kappa shape index (κ2) is 18.7. The van der Waals surface area contributed by atoms with Gasteiger partial charge in [0.15, 0.2) is 0 Å². The summed E-state index contributed by atoms with van der Waals surface area (Å²) in [6.45, 7) is 7.83. The summed E-state index contributed by atoms with van der Waals surface area (Å²) in [5, 5.41) is 9.03. The van der Waals surface area contributed by atoms with Crippen LogP contribution in [0.25, 0.3) is 0 Å². The number of rotatable bonds is 10. The molecule has 0 aliphatic carbocycles. The highest BCUT2D eigenvalue weighted by Crippen LogP contribution is 2.24. The predicted molar refractivity (Wildman–Crippen MR) is 211 cm³/mol. The van der Waals surface area contributed by atoms with Crippen LogP contribution in [-0.2, 0) is 0 Å². The van der Waals surface area contributed by atoms with E-state index >= 15 is 0 Å². The molecule has 4 saturated heterocycles. The van der Waals surface area contributed by atoms with Crippen LogP contribution in [0, 0.1) is 0 Å². The highest BCUT2D eigenvalue weighted by Gasteiger charge is 2.21. The zero-order valence-corrected chi connectivity index (χ0v) is 30.8. The van der Waals surface area contributed by atoms with E-state index in [-0.39, 0.29) is 0 Å². The first-order valence-corrected chi connectivity index (χ1v) is 20.0. The van der Waals surface area contributed by atoms with E-state index in [1.54, 1.807) is 12.4 Å². The molecule has 7 rings (SSSR count). The Hall–Kier alpha value is -4.62. The van der Waals surface area contributed by atoms with Crippen molar-refractivity contribution in [3.63, 3.8) is 0 Å². The molecule has 1 aromatic carbocycles. The van der Waals surface area contributed by atoms with E-state index in [0.29, 0.717) is 11.9 Å². The first kappa shape index (κ1) is 35.8. The van der Waals surface area contributed by atoms with Gasteiger partial charge in [-0.15, -0.1) is 0 Å². The molecule has 52 heavy (non-hydrogen) atoms. The van der Waals surface area contributed by atoms with Crippen molar-refractivity contribution in [1.29, 1.82) is 0 Å². The fourth-order valence-corrected chi connectivity index (χ4v) is 7.45. The van der Waals surface area contributed by atoms with E-state index in [1.807, 2.05) is 24.3 Å². The number of hydrazone groups is 2. The molecule has 4 aliphatic rings. The van der Waals surface area contributed by atoms with Crippen LogP contribution < -0.4 is 30.5 Å². The van der Waals surface area contributed by atoms with Gasteiger partial charge in [-0.05, 0) is 62.5 Å². The summed E-state index contributed by atoms with van der Waals surface area (Å²) < 4.78 is 0. The Labute approximate surface area is 308 Å². The Bertz CT molecular complexity index is 1380. The number of nitrogens with zero attached hydrogens (tertiary/aromatic N) is 12. The standard InChI is InChI=1S/C38H56N14/c1-2-10-22-49(21-9-1)35-41-33(42-36(45-35)50-23-11-3-4-12-24-50)47-39-29-31-17-19-32(20-18-31)30-40-48-34-43-37(51-25-13-5-6-14-26-51)46-38(44-34)52-27-15-7-8-16-28-52/h17-20,29-30H,1-16,21-28H2,(H,41,42,45,47)(H,43,44,46,48)/b39-29+,40-30+. The third kappa shape index (κ3) is 10.3. The lowest BCUT2D eigenvalue weighted by atomic mass is 10.2. The van der Waals surface area contributed by atoms with Gasteiger partial charge < -0.3 is 19.6 Å². The van der Waals surface area contributed by atoms with Crippen LogP contribution in [0.2, 0.25) is 0 Å². The smallest absolute Gasteiger partial charge is 0.250 e. The SMILES string of the molecule is C(=N\Nc1nc(N2CCCCCC2)nc(N2CCCCCC2)n1)/c1ccc(/C=N/Nc2nc(N3CCCCCC3)nc(N3CCCCCC3)n2)cc1. The maximum Gasteiger partial charge on any atom is 0.250 e. The number of benzene rings is 1. The van der Waals surface area contributed by atoms with Crippen LogP contribution in [-0.4, -0.2) is 94.7 Å². The van der Waals surface area contributed by atoms with Gasteiger partial charge in [-0.3, -0.25) is 0 Å². The maximum atomic E-state index is 4.95. The molecule has 14 nitrogen and oxygen atoms in total. The predicted octanol–water partition coefficient (Wildman–Crippen LogP) is 6.47. The molecule has 278 valence electrons. The summed E-state index contributed by atoms with van der Waals surface area (Å²) in [6, 6.07) is 8.07. The largest absolute Gasteiger partial charge is 0.341 e. The zero-order chi connectivity index (χ0) is 35.2. The molecule has 0 amide bonds. The summed E-state index contributed by atoms with van der Waals surface area (Å²) >= 11 is 0. The highest BCUT2D eigenvalue weighted by atomic mass is 15.4. The van der Waals surface area contributed by atoms with Gasteiger partial charge in [0.2, 0.25) is 35.7 Å². The van der Waals surface area contributed by atoms with E-state index in [0.717, 1.165) is 87.3 Å². The van der Waals surface area contributed by atoms with Crippen LogP contribution in [0.4, 0.5) is 35.7 Å². The molecule has 0 saturated carbocycles. The monoisotopic (exact) mass is 708 g/mol. The normalized spacial score (nSPS) is 19.7. The number of aromatic nitrogens is 6. The number of anilines is 6. The third-order valence-electron chi connectivity index (χ3n) is 10.5. The third-order valence-corrected chi connectivity index (χ3v) is 10.5. The molecule has 4 fully saturated rings. The minimum absolute atomic E-state index is 0.482. The topological polar surface area (TPSA) is 139 Å². The van der Waals surface area contributed by atoms with Gasteiger partial charge in [0.05, 0.1) is 12.4 Å². The molecule has 14 heteroatoms. The number of hydrogen-bond acceptors (Lipinski definition) is 14. The summed E-state index contributed by atoms with van der Waals surface area (Å²) in [6.07, 6.45) is 23.0. The molecule has 2 N–H and O–H groups in total. The van der Waals surface area contributed by atoms with Gasteiger partial charge in [0.25, 0.3) is 0 Å². The van der Waals surface area contributed by atoms with Crippen molar-refractivity contribution in [3.05, 3.63) is 35.4 Å². The highest BCUT2D eigenvalue weighted by molar-refractivity contribution is 5.84. The summed E-state index contributed by atoms with van der Waals surface area (Å²) in [7, 11) is 0. The van der Waals surface area contributed by atoms with Crippen LogP contribution in [0.5, 0.6) is 0 Å². The molecule has 0 spiro atoms. The average Bonchev–Trinajstić information content (AvgIpc) is 3.81. The molecule has 2 aromatic heterocycles. The minimum Gasteiger partial charge on any atom is -0.341 e. The second-order valence-corrected chi connectivity index (χ2v) is 14.5. The van der Waals surface area contributed by atoms with Crippen LogP contribution in [0.3, 0.4) is 0 Å². The van der Waals surface area contributed by atoms with Gasteiger partial charge >= 0.3 is 0 Å². The van der Waals surface area contributed by atoms with Crippen molar-refractivity contribution >= 4 is 48.1 Å². The van der Waals surface area contributed by atoms with Crippen molar-refractivity contribution in [2.75, 3.05) is 82.8 Å². The number of nitrogens with one attached hydrogen (secondary N) is 2. The lowest BCUT2D eigenvalue weighted by molar-refractivity contribution is 0.726. The average molecular weight is 709 g/mol. The Balaban J connectivity index is 1.00. The zero-order valence-electron chi connectivity index (χ0n) is 30.8. The quantitative estimate of drug-likeness (QED) is 0.176. The number of hydrogen-bond donors (Lipinski definition) is 2. The summed E-state index contributed by atoms with van der Waals surface area (Å²) in [4.78, 5) is 38.3. The molecule has 4 aliphatic heterocycles. The minimum atomic E-state index is 0.482. The van der Waals surface area contributed by atoms with Crippen molar-refractivity contribution in [1.82, 2.24) is 29.9 Å². The van der Waals surface area contributed by atoms with Gasteiger partial charge in [-0.2, -0.15) is 40.1 Å². The fourth-order valence-electron chi connectivity index (χ4n) is 7.45. The summed E-state index contributed by atoms with van der Waals surface area (Å²) in [5.74, 6) is 3.96. The van der Waals surface area contributed by atoms with Crippen LogP contribution >= 0.6 is 0 Å². The van der Waals surface area contributed by atoms with E-state index in [9.17, 15) is 0 Å². The van der Waals surface area contributed by atoms with E-state index in [4.69, 9.17) is 29.9 Å². The van der Waals surface area contributed by atoms with Crippen molar-refractivity contribution < 1.29 is 0 Å². The first-order chi connectivity index (χ1) is 25.8. The van der Waals surface area contributed by atoms with Gasteiger partial charge in [0, 0.05) is 52.4 Å². The van der Waals surface area contributed by atoms with Gasteiger partial charge in [-0.25, -0.2) is 10.9 Å². The first-order valence-electron chi connectivity index (χ1n) is 20.0. The second-order valence-electron chi connectivity index (χ2n) is 14.5. The lowest BCUT2D eigenvalue weighted by Gasteiger charge is -2.24. The van der Waals surface area contributed by atoms with Crippen LogP contribution in [0.15, 0.2) is 34.5 Å². The van der Waals surface area contributed by atoms with Crippen molar-refractivity contribution in [2.45, 2.75) is 103 Å². The van der Waals surface area contributed by atoms with Gasteiger partial charge in [-0.1, -0.05) is 75.6 Å². The Morgan fingerprint density at radius 2 is 0.615 bits per heavy atom. The lowest BCUT2D eigenvalue weighted by Crippen LogP contribution is -2.30. The molecular formula is C38H56N14.